The molecular formula is C19H25ClN2O. The highest BCUT2D eigenvalue weighted by Crippen LogP contribution is 2.59. The molecule has 2 N–H and O–H groups in total. The molecule has 3 nitrogen and oxygen atoms in total. The van der Waals surface area contributed by atoms with E-state index in [9.17, 15) is 4.79 Å². The van der Waals surface area contributed by atoms with Crippen molar-refractivity contribution in [2.24, 2.45) is 23.2 Å². The van der Waals surface area contributed by atoms with Crippen molar-refractivity contribution in [2.75, 3.05) is 11.9 Å². The molecule has 0 aromatic heterocycles. The number of nitrogens with one attached hydrogen (secondary N) is 2. The molecule has 0 unspecified atom stereocenters. The van der Waals surface area contributed by atoms with Crippen LogP contribution in [0.25, 0.3) is 0 Å². The van der Waals surface area contributed by atoms with Crippen LogP contribution in [0.15, 0.2) is 18.2 Å². The Morgan fingerprint density at radius 1 is 1.17 bits per heavy atom. The zero-order valence-electron chi connectivity index (χ0n) is 13.7. The van der Waals surface area contributed by atoms with Gasteiger partial charge in [0.2, 0.25) is 0 Å². The van der Waals surface area contributed by atoms with Gasteiger partial charge in [-0.2, -0.15) is 0 Å². The van der Waals surface area contributed by atoms with Crippen LogP contribution in [-0.2, 0) is 0 Å². The van der Waals surface area contributed by atoms with Crippen LogP contribution < -0.4 is 10.6 Å². The van der Waals surface area contributed by atoms with Crippen molar-refractivity contribution in [1.29, 1.82) is 0 Å². The van der Waals surface area contributed by atoms with Gasteiger partial charge in [-0.25, -0.2) is 4.79 Å². The lowest BCUT2D eigenvalue weighted by Gasteiger charge is -2.56. The summed E-state index contributed by atoms with van der Waals surface area (Å²) in [6.45, 7) is 2.75. The molecule has 5 rings (SSSR count). The summed E-state index contributed by atoms with van der Waals surface area (Å²) in [7, 11) is 0. The van der Waals surface area contributed by atoms with Crippen LogP contribution >= 0.6 is 11.6 Å². The normalized spacial score (nSPS) is 34.4. The van der Waals surface area contributed by atoms with E-state index >= 15 is 0 Å². The van der Waals surface area contributed by atoms with Gasteiger partial charge in [-0.05, 0) is 86.3 Å². The molecule has 1 aromatic carbocycles. The average molecular weight is 333 g/mol. The van der Waals surface area contributed by atoms with Gasteiger partial charge in [0.25, 0.3) is 0 Å². The molecule has 0 aliphatic heterocycles. The highest BCUT2D eigenvalue weighted by Gasteiger charge is 2.50. The van der Waals surface area contributed by atoms with Crippen LogP contribution in [0.1, 0.15) is 44.1 Å². The second-order valence-corrected chi connectivity index (χ2v) is 8.54. The standard InChI is InChI=1S/C19H25ClN2O/c1-12-16(20)3-2-4-17(12)22-18(23)21-11-19-8-13-5-14(9-19)7-15(6-13)10-19/h2-4,13-15H,5-11H2,1H3,(H2,21,22,23). The molecule has 4 bridgehead atoms. The third kappa shape index (κ3) is 2.96. The van der Waals surface area contributed by atoms with Gasteiger partial charge in [0.1, 0.15) is 0 Å². The highest BCUT2D eigenvalue weighted by atomic mass is 35.5. The first-order valence-electron chi connectivity index (χ1n) is 8.83. The molecule has 124 valence electrons. The number of benzene rings is 1. The number of carbonyl (C=O) groups excluding carboxylic acids is 1. The molecule has 0 spiro atoms. The maximum Gasteiger partial charge on any atom is 0.319 e. The second-order valence-electron chi connectivity index (χ2n) is 8.14. The Balaban J connectivity index is 1.37. The molecule has 4 saturated carbocycles. The molecule has 23 heavy (non-hydrogen) atoms. The summed E-state index contributed by atoms with van der Waals surface area (Å²) in [6, 6.07) is 5.50. The molecular weight excluding hydrogens is 308 g/mol. The Morgan fingerprint density at radius 3 is 2.39 bits per heavy atom. The summed E-state index contributed by atoms with van der Waals surface area (Å²) in [5, 5.41) is 6.77. The Morgan fingerprint density at radius 2 is 1.78 bits per heavy atom. The first-order valence-corrected chi connectivity index (χ1v) is 9.21. The van der Waals surface area contributed by atoms with Crippen LogP contribution in [0, 0.1) is 30.1 Å². The van der Waals surface area contributed by atoms with Crippen LogP contribution in [-0.4, -0.2) is 12.6 Å². The number of amides is 2. The smallest absolute Gasteiger partial charge is 0.319 e. The fraction of sp³-hybridized carbons (Fsp3) is 0.632. The predicted molar refractivity (Wildman–Crippen MR) is 93.8 cm³/mol. The highest BCUT2D eigenvalue weighted by molar-refractivity contribution is 6.31. The van der Waals surface area contributed by atoms with Gasteiger partial charge in [-0.3, -0.25) is 0 Å². The number of carbonyl (C=O) groups is 1. The molecule has 0 saturated heterocycles. The second kappa shape index (κ2) is 5.70. The van der Waals surface area contributed by atoms with E-state index in [2.05, 4.69) is 10.6 Å². The molecule has 0 heterocycles. The fourth-order valence-electron chi connectivity index (χ4n) is 5.68. The van der Waals surface area contributed by atoms with Gasteiger partial charge >= 0.3 is 6.03 Å². The molecule has 4 aliphatic rings. The van der Waals surface area contributed by atoms with Crippen molar-refractivity contribution in [2.45, 2.75) is 45.4 Å². The summed E-state index contributed by atoms with van der Waals surface area (Å²) in [5.41, 5.74) is 2.08. The zero-order valence-corrected chi connectivity index (χ0v) is 14.5. The predicted octanol–water partition coefficient (Wildman–Crippen LogP) is 4.99. The van der Waals surface area contributed by atoms with Gasteiger partial charge in [0, 0.05) is 17.3 Å². The molecule has 0 atom stereocenters. The van der Waals surface area contributed by atoms with E-state index in [-0.39, 0.29) is 6.03 Å². The monoisotopic (exact) mass is 332 g/mol. The quantitative estimate of drug-likeness (QED) is 0.804. The van der Waals surface area contributed by atoms with Crippen molar-refractivity contribution in [3.8, 4) is 0 Å². The summed E-state index contributed by atoms with van der Waals surface area (Å²) < 4.78 is 0. The van der Waals surface area contributed by atoms with Crippen molar-refractivity contribution < 1.29 is 4.79 Å². The molecule has 0 radical (unpaired) electrons. The third-order valence-corrected chi connectivity index (χ3v) is 6.71. The lowest BCUT2D eigenvalue weighted by atomic mass is 9.49. The number of hydrogen-bond acceptors (Lipinski definition) is 1. The van der Waals surface area contributed by atoms with Crippen molar-refractivity contribution in [1.82, 2.24) is 5.32 Å². The number of hydrogen-bond donors (Lipinski definition) is 2. The third-order valence-electron chi connectivity index (χ3n) is 6.30. The number of rotatable bonds is 3. The number of anilines is 1. The van der Waals surface area contributed by atoms with Gasteiger partial charge in [-0.15, -0.1) is 0 Å². The van der Waals surface area contributed by atoms with Gasteiger partial charge in [0.15, 0.2) is 0 Å². The van der Waals surface area contributed by atoms with Crippen LogP contribution in [0.3, 0.4) is 0 Å². The summed E-state index contributed by atoms with van der Waals surface area (Å²) >= 11 is 6.11. The van der Waals surface area contributed by atoms with E-state index in [1.54, 1.807) is 0 Å². The lowest BCUT2D eigenvalue weighted by molar-refractivity contribution is -0.0496. The first kappa shape index (κ1) is 15.3. The Kier molecular flexibility index (Phi) is 3.79. The Hall–Kier alpha value is -1.22. The SMILES string of the molecule is Cc1c(Cl)cccc1NC(=O)NCC12CC3CC(CC(C3)C1)C2. The molecule has 2 amide bonds. The van der Waals surface area contributed by atoms with E-state index in [1.807, 2.05) is 25.1 Å². The van der Waals surface area contributed by atoms with Gasteiger partial charge in [-0.1, -0.05) is 17.7 Å². The Labute approximate surface area is 143 Å². The van der Waals surface area contributed by atoms with E-state index in [0.29, 0.717) is 10.4 Å². The van der Waals surface area contributed by atoms with Crippen LogP contribution in [0.4, 0.5) is 10.5 Å². The minimum absolute atomic E-state index is 0.105. The summed E-state index contributed by atoms with van der Waals surface area (Å²) in [5.74, 6) is 2.75. The fourth-order valence-corrected chi connectivity index (χ4v) is 5.86. The summed E-state index contributed by atoms with van der Waals surface area (Å²) in [4.78, 5) is 12.3. The maximum atomic E-state index is 12.3. The minimum Gasteiger partial charge on any atom is -0.337 e. The van der Waals surface area contributed by atoms with E-state index in [1.165, 1.54) is 38.5 Å². The Bertz CT molecular complexity index is 593. The maximum absolute atomic E-state index is 12.3. The molecule has 4 heteroatoms. The molecule has 4 fully saturated rings. The molecule has 4 aliphatic carbocycles. The average Bonchev–Trinajstić information content (AvgIpc) is 2.49. The van der Waals surface area contributed by atoms with Crippen LogP contribution in [0.2, 0.25) is 5.02 Å². The number of urea groups is 1. The lowest BCUT2D eigenvalue weighted by Crippen LogP contribution is -2.51. The zero-order chi connectivity index (χ0) is 16.0. The van der Waals surface area contributed by atoms with Gasteiger partial charge < -0.3 is 10.6 Å². The topological polar surface area (TPSA) is 41.1 Å². The summed E-state index contributed by atoms with van der Waals surface area (Å²) in [6.07, 6.45) is 8.26. The van der Waals surface area contributed by atoms with E-state index < -0.39 is 0 Å². The first-order chi connectivity index (χ1) is 11.0. The largest absolute Gasteiger partial charge is 0.337 e. The number of halogens is 1. The van der Waals surface area contributed by atoms with Crippen LogP contribution in [0.5, 0.6) is 0 Å². The van der Waals surface area contributed by atoms with Gasteiger partial charge in [0.05, 0.1) is 0 Å². The van der Waals surface area contributed by atoms with E-state index in [0.717, 1.165) is 35.5 Å². The molecule has 1 aromatic rings. The van der Waals surface area contributed by atoms with Crippen molar-refractivity contribution in [3.05, 3.63) is 28.8 Å². The minimum atomic E-state index is -0.105. The van der Waals surface area contributed by atoms with E-state index in [4.69, 9.17) is 11.6 Å². The van der Waals surface area contributed by atoms with Crippen molar-refractivity contribution >= 4 is 23.3 Å². The van der Waals surface area contributed by atoms with Crippen molar-refractivity contribution in [3.63, 3.8) is 0 Å².